The van der Waals surface area contributed by atoms with Crippen molar-refractivity contribution >= 4 is 30.7 Å². The fourth-order valence-electron chi connectivity index (χ4n) is 4.72. The van der Waals surface area contributed by atoms with E-state index in [0.29, 0.717) is 0 Å². The molecule has 3 rings (SSSR count). The number of nitrogens with zero attached hydrogens (tertiary/aromatic N) is 2. The molecule has 5 nitrogen and oxygen atoms in total. The van der Waals surface area contributed by atoms with Crippen LogP contribution < -0.4 is 5.32 Å². The van der Waals surface area contributed by atoms with Gasteiger partial charge in [-0.3, -0.25) is 4.79 Å². The van der Waals surface area contributed by atoms with Gasteiger partial charge in [0.05, 0.1) is 0 Å². The molecule has 0 bridgehead atoms. The average molecular weight is 410 g/mol. The zero-order valence-corrected chi connectivity index (χ0v) is 17.8. The van der Waals surface area contributed by atoms with E-state index in [1.165, 1.54) is 38.6 Å². The number of halogens is 2. The Morgan fingerprint density at radius 1 is 1.00 bits per heavy atom. The molecule has 2 aliphatic heterocycles. The molecule has 0 aromatic rings. The van der Waals surface area contributed by atoms with Crippen molar-refractivity contribution in [3.63, 3.8) is 0 Å². The van der Waals surface area contributed by atoms with E-state index in [2.05, 4.69) is 15.1 Å². The minimum atomic E-state index is -0.580. The number of rotatable bonds is 4. The second kappa shape index (κ2) is 11.7. The molecule has 0 unspecified atom stereocenters. The number of nitrogens with one attached hydrogen (secondary N) is 1. The Morgan fingerprint density at radius 3 is 2.35 bits per heavy atom. The molecular formula is C19H37Cl2N3O2. The van der Waals surface area contributed by atoms with E-state index in [0.717, 1.165) is 64.4 Å². The Labute approximate surface area is 171 Å². The first-order chi connectivity index (χ1) is 11.7. The lowest BCUT2D eigenvalue weighted by atomic mass is 9.89. The van der Waals surface area contributed by atoms with Gasteiger partial charge >= 0.3 is 0 Å². The molecule has 1 aliphatic carbocycles. The van der Waals surface area contributed by atoms with Crippen molar-refractivity contribution in [2.75, 3.05) is 52.9 Å². The van der Waals surface area contributed by atoms with Crippen LogP contribution >= 0.6 is 24.8 Å². The van der Waals surface area contributed by atoms with Gasteiger partial charge in [0.2, 0.25) is 0 Å². The molecule has 0 aromatic carbocycles. The number of carbonyl (C=O) groups is 1. The van der Waals surface area contributed by atoms with Gasteiger partial charge in [0.15, 0.2) is 0 Å². The second-order valence-electron chi connectivity index (χ2n) is 7.90. The van der Waals surface area contributed by atoms with Gasteiger partial charge in [-0.1, -0.05) is 19.3 Å². The maximum Gasteiger partial charge on any atom is 0.254 e. The highest BCUT2D eigenvalue weighted by molar-refractivity contribution is 5.86. The summed E-state index contributed by atoms with van der Waals surface area (Å²) in [5, 5.41) is 3.34. The van der Waals surface area contributed by atoms with Crippen LogP contribution in [0.1, 0.15) is 51.4 Å². The molecule has 2 saturated heterocycles. The lowest BCUT2D eigenvalue weighted by Gasteiger charge is -2.38. The summed E-state index contributed by atoms with van der Waals surface area (Å²) in [5.74, 6) is 1.11. The topological polar surface area (TPSA) is 44.8 Å². The standard InChI is InChI=1S/C19H35N3O2.2ClH/c1-24-19(8-10-20-11-9-19)18(23)22-13-5-12-21(14-15-22)16-17-6-3-2-4-7-17;;/h17,20H,2-16H2,1H3;2*1H. The minimum absolute atomic E-state index is 0. The second-order valence-corrected chi connectivity index (χ2v) is 7.90. The van der Waals surface area contributed by atoms with E-state index in [4.69, 9.17) is 4.74 Å². The molecule has 0 spiro atoms. The van der Waals surface area contributed by atoms with E-state index >= 15 is 0 Å². The molecule has 2 heterocycles. The predicted octanol–water partition coefficient (Wildman–Crippen LogP) is 2.71. The quantitative estimate of drug-likeness (QED) is 0.774. The Morgan fingerprint density at radius 2 is 1.69 bits per heavy atom. The highest BCUT2D eigenvalue weighted by Crippen LogP contribution is 2.27. The van der Waals surface area contributed by atoms with Crippen molar-refractivity contribution in [3.05, 3.63) is 0 Å². The molecule has 0 radical (unpaired) electrons. The molecule has 26 heavy (non-hydrogen) atoms. The van der Waals surface area contributed by atoms with Crippen LogP contribution in [0.2, 0.25) is 0 Å². The number of ether oxygens (including phenoxy) is 1. The Balaban J connectivity index is 0.00000169. The van der Waals surface area contributed by atoms with Crippen molar-refractivity contribution < 1.29 is 9.53 Å². The molecular weight excluding hydrogens is 373 g/mol. The number of methoxy groups -OCH3 is 1. The van der Waals surface area contributed by atoms with E-state index in [1.807, 2.05) is 0 Å². The highest BCUT2D eigenvalue weighted by atomic mass is 35.5. The summed E-state index contributed by atoms with van der Waals surface area (Å²) < 4.78 is 5.74. The third-order valence-electron chi connectivity index (χ3n) is 6.31. The maximum atomic E-state index is 13.1. The number of piperidine rings is 1. The van der Waals surface area contributed by atoms with E-state index in [-0.39, 0.29) is 30.7 Å². The van der Waals surface area contributed by atoms with Gasteiger partial charge in [-0.15, -0.1) is 24.8 Å². The molecule has 7 heteroatoms. The van der Waals surface area contributed by atoms with Crippen LogP contribution in [-0.4, -0.2) is 74.2 Å². The van der Waals surface area contributed by atoms with E-state index in [9.17, 15) is 4.79 Å². The third kappa shape index (κ3) is 5.96. The van der Waals surface area contributed by atoms with Crippen LogP contribution in [0, 0.1) is 5.92 Å². The van der Waals surface area contributed by atoms with E-state index < -0.39 is 5.60 Å². The van der Waals surface area contributed by atoms with Crippen molar-refractivity contribution in [3.8, 4) is 0 Å². The molecule has 3 fully saturated rings. The van der Waals surface area contributed by atoms with Crippen molar-refractivity contribution in [1.29, 1.82) is 0 Å². The number of hydrogen-bond donors (Lipinski definition) is 1. The third-order valence-corrected chi connectivity index (χ3v) is 6.31. The van der Waals surface area contributed by atoms with Crippen molar-refractivity contribution in [2.24, 2.45) is 5.92 Å². The van der Waals surface area contributed by atoms with Crippen LogP contribution in [0.25, 0.3) is 0 Å². The van der Waals surface area contributed by atoms with E-state index in [1.54, 1.807) is 7.11 Å². The highest BCUT2D eigenvalue weighted by Gasteiger charge is 2.42. The summed E-state index contributed by atoms with van der Waals surface area (Å²) in [5.41, 5.74) is -0.580. The summed E-state index contributed by atoms with van der Waals surface area (Å²) >= 11 is 0. The van der Waals surface area contributed by atoms with Crippen LogP contribution in [0.3, 0.4) is 0 Å². The fraction of sp³-hybridized carbons (Fsp3) is 0.947. The molecule has 154 valence electrons. The number of carbonyl (C=O) groups excluding carboxylic acids is 1. The molecule has 3 aliphatic rings. The minimum Gasteiger partial charge on any atom is -0.368 e. The lowest BCUT2D eigenvalue weighted by molar-refractivity contribution is -0.158. The molecule has 0 atom stereocenters. The average Bonchev–Trinajstić information content (AvgIpc) is 2.88. The lowest BCUT2D eigenvalue weighted by Crippen LogP contribution is -2.56. The Hall–Kier alpha value is -0.0700. The maximum absolute atomic E-state index is 13.1. The molecule has 1 amide bonds. The van der Waals surface area contributed by atoms with Crippen LogP contribution in [-0.2, 0) is 9.53 Å². The summed E-state index contributed by atoms with van der Waals surface area (Å²) in [6, 6.07) is 0. The summed E-state index contributed by atoms with van der Waals surface area (Å²) in [7, 11) is 1.70. The summed E-state index contributed by atoms with van der Waals surface area (Å²) in [4.78, 5) is 17.8. The van der Waals surface area contributed by atoms with Crippen LogP contribution in [0.15, 0.2) is 0 Å². The van der Waals surface area contributed by atoms with Gasteiger partial charge < -0.3 is 19.9 Å². The van der Waals surface area contributed by atoms with Crippen molar-refractivity contribution in [2.45, 2.75) is 57.0 Å². The molecule has 1 N–H and O–H groups in total. The van der Waals surface area contributed by atoms with Gasteiger partial charge in [0.25, 0.3) is 5.91 Å². The predicted molar refractivity (Wildman–Crippen MR) is 111 cm³/mol. The molecule has 1 saturated carbocycles. The van der Waals surface area contributed by atoms with Gasteiger partial charge in [0.1, 0.15) is 5.60 Å². The molecule has 0 aromatic heterocycles. The fourth-order valence-corrected chi connectivity index (χ4v) is 4.72. The Kier molecular flexibility index (Phi) is 10.8. The smallest absolute Gasteiger partial charge is 0.254 e. The summed E-state index contributed by atoms with van der Waals surface area (Å²) in [6.07, 6.45) is 9.73. The zero-order valence-electron chi connectivity index (χ0n) is 16.2. The van der Waals surface area contributed by atoms with Gasteiger partial charge in [0, 0.05) is 33.3 Å². The van der Waals surface area contributed by atoms with Gasteiger partial charge in [-0.25, -0.2) is 0 Å². The van der Waals surface area contributed by atoms with Crippen molar-refractivity contribution in [1.82, 2.24) is 15.1 Å². The first-order valence-electron chi connectivity index (χ1n) is 10.0. The SMILES string of the molecule is COC1(C(=O)N2CCCN(CC3CCCCC3)CC2)CCNCC1.Cl.Cl. The zero-order chi connectivity index (χ0) is 16.8. The van der Waals surface area contributed by atoms with Crippen LogP contribution in [0.5, 0.6) is 0 Å². The number of hydrogen-bond acceptors (Lipinski definition) is 4. The largest absolute Gasteiger partial charge is 0.368 e. The van der Waals surface area contributed by atoms with Crippen LogP contribution in [0.4, 0.5) is 0 Å². The number of amides is 1. The first kappa shape index (κ1) is 24.0. The van der Waals surface area contributed by atoms with Gasteiger partial charge in [-0.2, -0.15) is 0 Å². The monoisotopic (exact) mass is 409 g/mol. The summed E-state index contributed by atoms with van der Waals surface area (Å²) in [6.45, 7) is 6.91. The Bertz CT molecular complexity index is 414. The normalized spacial score (nSPS) is 24.9. The van der Waals surface area contributed by atoms with Gasteiger partial charge in [-0.05, 0) is 57.7 Å². The first-order valence-corrected chi connectivity index (χ1v) is 10.0.